The zero-order valence-electron chi connectivity index (χ0n) is 15.3. The summed E-state index contributed by atoms with van der Waals surface area (Å²) in [6.07, 6.45) is 1.93. The summed E-state index contributed by atoms with van der Waals surface area (Å²) in [6, 6.07) is 20.7. The maximum atomic E-state index is 12.0. The van der Waals surface area contributed by atoms with Gasteiger partial charge in [0.2, 0.25) is 11.8 Å². The second kappa shape index (κ2) is 10.3. The molecule has 3 rings (SSSR count). The van der Waals surface area contributed by atoms with Crippen LogP contribution in [-0.2, 0) is 17.9 Å². The molecule has 1 heterocycles. The van der Waals surface area contributed by atoms with Crippen molar-refractivity contribution in [3.05, 3.63) is 89.1 Å². The molecule has 3 aromatic rings. The van der Waals surface area contributed by atoms with Crippen molar-refractivity contribution < 1.29 is 14.3 Å². The van der Waals surface area contributed by atoms with E-state index >= 15 is 0 Å². The van der Waals surface area contributed by atoms with Crippen molar-refractivity contribution in [2.24, 2.45) is 0 Å². The van der Waals surface area contributed by atoms with Crippen molar-refractivity contribution in [1.29, 1.82) is 0 Å². The van der Waals surface area contributed by atoms with Gasteiger partial charge in [-0.2, -0.15) is 0 Å². The molecule has 0 atom stereocenters. The normalized spacial score (nSPS) is 10.3. The van der Waals surface area contributed by atoms with Crippen LogP contribution in [-0.4, -0.2) is 17.5 Å². The summed E-state index contributed by atoms with van der Waals surface area (Å²) in [4.78, 5) is 16.2. The molecule has 28 heavy (non-hydrogen) atoms. The minimum absolute atomic E-state index is 0.0920. The fourth-order valence-corrected chi connectivity index (χ4v) is 2.66. The highest BCUT2D eigenvalue weighted by atomic mass is 35.5. The molecule has 0 aliphatic carbocycles. The van der Waals surface area contributed by atoms with Gasteiger partial charge in [0.15, 0.2) is 0 Å². The first-order valence-electron chi connectivity index (χ1n) is 8.96. The summed E-state index contributed by atoms with van der Waals surface area (Å²) in [5, 5.41) is 3.47. The number of benzene rings is 2. The number of hydrogen-bond donors (Lipinski definition) is 1. The summed E-state index contributed by atoms with van der Waals surface area (Å²) in [5.74, 6) is 1.08. The van der Waals surface area contributed by atoms with Crippen LogP contribution in [0.1, 0.15) is 17.5 Å². The molecular weight excluding hydrogens is 376 g/mol. The third kappa shape index (κ3) is 6.59. The molecule has 144 valence electrons. The molecule has 1 aromatic heterocycles. The van der Waals surface area contributed by atoms with Gasteiger partial charge >= 0.3 is 0 Å². The molecule has 0 aliphatic heterocycles. The highest BCUT2D eigenvalue weighted by Gasteiger charge is 2.04. The number of rotatable bonds is 9. The Morgan fingerprint density at radius 1 is 0.964 bits per heavy atom. The minimum atomic E-state index is -0.0920. The Morgan fingerprint density at radius 2 is 1.82 bits per heavy atom. The lowest BCUT2D eigenvalue weighted by atomic mass is 10.2. The Balaban J connectivity index is 1.40. The fourth-order valence-electron chi connectivity index (χ4n) is 2.48. The summed E-state index contributed by atoms with van der Waals surface area (Å²) in [7, 11) is 0. The predicted molar refractivity (Wildman–Crippen MR) is 108 cm³/mol. The van der Waals surface area contributed by atoms with E-state index < -0.39 is 0 Å². The Labute approximate surface area is 169 Å². The number of carbonyl (C=O) groups excluding carboxylic acids is 1. The van der Waals surface area contributed by atoms with Crippen LogP contribution in [0.25, 0.3) is 0 Å². The SMILES string of the molecule is O=C(CCOc1cccc(Cl)c1)NCc1ccnc(OCc2ccccc2)c1. The quantitative estimate of drug-likeness (QED) is 0.582. The van der Waals surface area contributed by atoms with Gasteiger partial charge in [0, 0.05) is 23.8 Å². The lowest BCUT2D eigenvalue weighted by Crippen LogP contribution is -2.24. The first-order valence-corrected chi connectivity index (χ1v) is 9.33. The summed E-state index contributed by atoms with van der Waals surface area (Å²) in [6.45, 7) is 1.14. The molecule has 0 saturated carbocycles. The van der Waals surface area contributed by atoms with E-state index in [1.54, 1.807) is 30.5 Å². The molecule has 5 nitrogen and oxygen atoms in total. The van der Waals surface area contributed by atoms with Gasteiger partial charge in [0.25, 0.3) is 0 Å². The number of ether oxygens (including phenoxy) is 2. The second-order valence-corrected chi connectivity index (χ2v) is 6.55. The van der Waals surface area contributed by atoms with Gasteiger partial charge in [0.1, 0.15) is 12.4 Å². The molecule has 2 aromatic carbocycles. The van der Waals surface area contributed by atoms with Gasteiger partial charge in [-0.15, -0.1) is 0 Å². The summed E-state index contributed by atoms with van der Waals surface area (Å²) in [5.41, 5.74) is 1.99. The van der Waals surface area contributed by atoms with E-state index in [-0.39, 0.29) is 18.9 Å². The first kappa shape index (κ1) is 19.7. The van der Waals surface area contributed by atoms with Crippen LogP contribution in [0.15, 0.2) is 72.9 Å². The van der Waals surface area contributed by atoms with Crippen molar-refractivity contribution in [1.82, 2.24) is 10.3 Å². The average molecular weight is 397 g/mol. The Kier molecular flexibility index (Phi) is 7.27. The van der Waals surface area contributed by atoms with Crippen LogP contribution in [0.2, 0.25) is 5.02 Å². The zero-order valence-corrected chi connectivity index (χ0v) is 16.1. The van der Waals surface area contributed by atoms with Crippen molar-refractivity contribution in [2.45, 2.75) is 19.6 Å². The predicted octanol–water partition coefficient (Wildman–Crippen LogP) is 4.40. The number of aromatic nitrogens is 1. The molecule has 6 heteroatoms. The van der Waals surface area contributed by atoms with E-state index in [0.29, 0.717) is 29.8 Å². The largest absolute Gasteiger partial charge is 0.493 e. The number of carbonyl (C=O) groups is 1. The lowest BCUT2D eigenvalue weighted by Gasteiger charge is -2.09. The third-order valence-corrected chi connectivity index (χ3v) is 4.15. The molecule has 0 aliphatic rings. The van der Waals surface area contributed by atoms with Gasteiger partial charge in [0.05, 0.1) is 13.0 Å². The van der Waals surface area contributed by atoms with E-state index in [1.807, 2.05) is 42.5 Å². The zero-order chi connectivity index (χ0) is 19.6. The van der Waals surface area contributed by atoms with Gasteiger partial charge in [-0.25, -0.2) is 4.98 Å². The molecule has 0 spiro atoms. The molecular formula is C22H21ClN2O3. The van der Waals surface area contributed by atoms with E-state index in [9.17, 15) is 4.79 Å². The highest BCUT2D eigenvalue weighted by molar-refractivity contribution is 6.30. The van der Waals surface area contributed by atoms with Gasteiger partial charge in [-0.3, -0.25) is 4.79 Å². The van der Waals surface area contributed by atoms with Crippen LogP contribution < -0.4 is 14.8 Å². The lowest BCUT2D eigenvalue weighted by molar-refractivity contribution is -0.121. The number of pyridine rings is 1. The molecule has 1 N–H and O–H groups in total. The number of hydrogen-bond acceptors (Lipinski definition) is 4. The molecule has 0 bridgehead atoms. The number of amides is 1. The first-order chi connectivity index (χ1) is 13.7. The Bertz CT molecular complexity index is 903. The van der Waals surface area contributed by atoms with Crippen molar-refractivity contribution in [3.63, 3.8) is 0 Å². The molecule has 0 unspecified atom stereocenters. The van der Waals surface area contributed by atoms with Crippen LogP contribution in [0, 0.1) is 0 Å². The second-order valence-electron chi connectivity index (χ2n) is 6.11. The third-order valence-electron chi connectivity index (χ3n) is 3.91. The highest BCUT2D eigenvalue weighted by Crippen LogP contribution is 2.17. The van der Waals surface area contributed by atoms with Gasteiger partial charge < -0.3 is 14.8 Å². The molecule has 0 saturated heterocycles. The number of nitrogens with zero attached hydrogens (tertiary/aromatic N) is 1. The van der Waals surface area contributed by atoms with E-state index in [2.05, 4.69) is 10.3 Å². The van der Waals surface area contributed by atoms with Crippen LogP contribution >= 0.6 is 11.6 Å². The molecule has 0 radical (unpaired) electrons. The van der Waals surface area contributed by atoms with E-state index in [1.165, 1.54) is 0 Å². The summed E-state index contributed by atoms with van der Waals surface area (Å²) >= 11 is 5.90. The van der Waals surface area contributed by atoms with Crippen LogP contribution in [0.3, 0.4) is 0 Å². The Hall–Kier alpha value is -3.05. The maximum absolute atomic E-state index is 12.0. The number of halogens is 1. The van der Waals surface area contributed by atoms with E-state index in [4.69, 9.17) is 21.1 Å². The Morgan fingerprint density at radius 3 is 2.64 bits per heavy atom. The fraction of sp³-hybridized carbons (Fsp3) is 0.182. The molecule has 0 fully saturated rings. The van der Waals surface area contributed by atoms with Crippen molar-refractivity contribution in [2.75, 3.05) is 6.61 Å². The summed E-state index contributed by atoms with van der Waals surface area (Å²) < 4.78 is 11.2. The van der Waals surface area contributed by atoms with E-state index in [0.717, 1.165) is 11.1 Å². The average Bonchev–Trinajstić information content (AvgIpc) is 2.72. The minimum Gasteiger partial charge on any atom is -0.493 e. The van der Waals surface area contributed by atoms with Gasteiger partial charge in [-0.05, 0) is 35.4 Å². The maximum Gasteiger partial charge on any atom is 0.223 e. The number of nitrogens with one attached hydrogen (secondary N) is 1. The van der Waals surface area contributed by atoms with Crippen LogP contribution in [0.5, 0.6) is 11.6 Å². The molecule has 1 amide bonds. The van der Waals surface area contributed by atoms with Crippen LogP contribution in [0.4, 0.5) is 0 Å². The van der Waals surface area contributed by atoms with Crippen molar-refractivity contribution >= 4 is 17.5 Å². The monoisotopic (exact) mass is 396 g/mol. The smallest absolute Gasteiger partial charge is 0.223 e. The standard InChI is InChI=1S/C22H21ClN2O3/c23-19-7-4-8-20(14-19)27-12-10-21(26)25-15-18-9-11-24-22(13-18)28-16-17-5-2-1-3-6-17/h1-9,11,13-14H,10,12,15-16H2,(H,25,26). The topological polar surface area (TPSA) is 60.5 Å². The van der Waals surface area contributed by atoms with Gasteiger partial charge in [-0.1, -0.05) is 48.0 Å². The van der Waals surface area contributed by atoms with Crippen molar-refractivity contribution in [3.8, 4) is 11.6 Å².